The number of nitriles is 1. The number of nitrogens with zero attached hydrogens (tertiary/aromatic N) is 1. The zero-order valence-corrected chi connectivity index (χ0v) is 14.9. The molecule has 0 spiro atoms. The fourth-order valence-corrected chi connectivity index (χ4v) is 3.12. The minimum Gasteiger partial charge on any atom is -0.461 e. The van der Waals surface area contributed by atoms with Crippen LogP contribution < -0.4 is 0 Å². The summed E-state index contributed by atoms with van der Waals surface area (Å²) < 4.78 is 6.24. The summed E-state index contributed by atoms with van der Waals surface area (Å²) in [5.41, 5.74) is 1.31. The van der Waals surface area contributed by atoms with Gasteiger partial charge in [-0.2, -0.15) is 5.26 Å². The van der Waals surface area contributed by atoms with Gasteiger partial charge in [0.1, 0.15) is 6.61 Å². The maximum atomic E-state index is 12.2. The molecule has 0 N–H and O–H groups in total. The van der Waals surface area contributed by atoms with Gasteiger partial charge in [0.05, 0.1) is 20.9 Å². The van der Waals surface area contributed by atoms with Crippen molar-refractivity contribution in [2.45, 2.75) is 20.5 Å². The van der Waals surface area contributed by atoms with Gasteiger partial charge in [0, 0.05) is 0 Å². The molecule has 3 nitrogen and oxygen atoms in total. The summed E-state index contributed by atoms with van der Waals surface area (Å²) in [5, 5.41) is 8.85. The molecule has 0 heterocycles. The average molecular weight is 413 g/mol. The lowest BCUT2D eigenvalue weighted by molar-refractivity contribution is -0.147. The van der Waals surface area contributed by atoms with E-state index in [0.29, 0.717) is 5.56 Å². The minimum absolute atomic E-state index is 0.0849. The Labute approximate surface area is 141 Å². The fourth-order valence-electron chi connectivity index (χ4n) is 2.55. The molecule has 2 rings (SSSR count). The molecular formula is C16H15Br2NO2. The number of carbonyl (C=O) groups excluding carboxylic acids is 1. The molecule has 5 heteroatoms. The first-order valence-corrected chi connectivity index (χ1v) is 8.13. The van der Waals surface area contributed by atoms with Gasteiger partial charge in [0.15, 0.2) is 0 Å². The molecular weight excluding hydrogens is 398 g/mol. The van der Waals surface area contributed by atoms with Crippen molar-refractivity contribution >= 4 is 37.8 Å². The Balaban J connectivity index is 1.97. The van der Waals surface area contributed by atoms with Gasteiger partial charge in [-0.1, -0.05) is 32.1 Å². The number of hydrogen-bond donors (Lipinski definition) is 0. The second kappa shape index (κ2) is 6.33. The van der Waals surface area contributed by atoms with Gasteiger partial charge < -0.3 is 4.74 Å². The van der Waals surface area contributed by atoms with Crippen molar-refractivity contribution in [3.8, 4) is 6.07 Å². The fraction of sp³-hybridized carbons (Fsp3) is 0.375. The minimum atomic E-state index is -0.190. The lowest BCUT2D eigenvalue weighted by atomic mass is 10.1. The molecule has 2 atom stereocenters. The molecule has 0 saturated heterocycles. The van der Waals surface area contributed by atoms with E-state index in [-0.39, 0.29) is 29.8 Å². The average Bonchev–Trinajstić information content (AvgIpc) is 2.96. The first-order chi connectivity index (χ1) is 9.86. The number of halogens is 2. The number of benzene rings is 1. The molecule has 21 heavy (non-hydrogen) atoms. The normalized spacial score (nSPS) is 22.0. The molecule has 1 aliphatic rings. The molecule has 0 aliphatic heterocycles. The Bertz CT molecular complexity index is 627. The Morgan fingerprint density at radius 1 is 1.48 bits per heavy atom. The predicted molar refractivity (Wildman–Crippen MR) is 87.7 cm³/mol. The summed E-state index contributed by atoms with van der Waals surface area (Å²) in [6, 6.07) is 9.17. The summed E-state index contributed by atoms with van der Waals surface area (Å²) in [6.45, 7) is 4.31. The maximum absolute atomic E-state index is 12.2. The molecule has 0 unspecified atom stereocenters. The number of rotatable bonds is 4. The smallest absolute Gasteiger partial charge is 0.310 e. The van der Waals surface area contributed by atoms with Gasteiger partial charge in [0.2, 0.25) is 0 Å². The van der Waals surface area contributed by atoms with E-state index in [1.807, 2.05) is 12.1 Å². The van der Waals surface area contributed by atoms with Crippen molar-refractivity contribution in [1.29, 1.82) is 5.26 Å². The lowest BCUT2D eigenvalue weighted by Gasteiger charge is -2.06. The highest BCUT2D eigenvalue weighted by molar-refractivity contribution is 9.28. The largest absolute Gasteiger partial charge is 0.461 e. The van der Waals surface area contributed by atoms with E-state index >= 15 is 0 Å². The van der Waals surface area contributed by atoms with Crippen LogP contribution in [0.4, 0.5) is 0 Å². The van der Waals surface area contributed by atoms with E-state index in [1.165, 1.54) is 0 Å². The van der Waals surface area contributed by atoms with Gasteiger partial charge in [-0.05, 0) is 60.9 Å². The number of ether oxygens (including phenoxy) is 1. The van der Waals surface area contributed by atoms with Crippen LogP contribution in [0, 0.1) is 28.6 Å². The monoisotopic (exact) mass is 411 g/mol. The number of allylic oxidation sites excluding steroid dienone is 1. The Morgan fingerprint density at radius 2 is 2.19 bits per heavy atom. The molecule has 0 bridgehead atoms. The van der Waals surface area contributed by atoms with Crippen LogP contribution in [0.15, 0.2) is 33.7 Å². The Kier molecular flexibility index (Phi) is 4.90. The van der Waals surface area contributed by atoms with Crippen LogP contribution in [0.3, 0.4) is 0 Å². The molecule has 1 aliphatic carbocycles. The third-order valence-electron chi connectivity index (χ3n) is 3.91. The second-order valence-corrected chi connectivity index (χ2v) is 8.47. The van der Waals surface area contributed by atoms with Crippen molar-refractivity contribution in [1.82, 2.24) is 0 Å². The van der Waals surface area contributed by atoms with Crippen molar-refractivity contribution in [2.75, 3.05) is 0 Å². The van der Waals surface area contributed by atoms with Gasteiger partial charge in [-0.3, -0.25) is 4.79 Å². The summed E-state index contributed by atoms with van der Waals surface area (Å²) in [4.78, 5) is 12.2. The van der Waals surface area contributed by atoms with E-state index in [9.17, 15) is 4.79 Å². The standard InChI is InChI=1S/C16H15Br2NO2/c1-16(2)12(7-13(17)18)14(16)15(20)21-9-11-5-3-4-10(6-11)8-19/h3-7,12,14H,9H2,1-2H3/t12-,14-/m0/s1. The van der Waals surface area contributed by atoms with E-state index in [1.54, 1.807) is 18.2 Å². The number of esters is 1. The lowest BCUT2D eigenvalue weighted by Crippen LogP contribution is -2.10. The topological polar surface area (TPSA) is 50.1 Å². The molecule has 1 saturated carbocycles. The maximum Gasteiger partial charge on any atom is 0.310 e. The van der Waals surface area contributed by atoms with Crippen LogP contribution in [0.25, 0.3) is 0 Å². The first kappa shape index (κ1) is 16.3. The SMILES string of the molecule is CC1(C)[C@H](C(=O)OCc2cccc(C#N)c2)[C@@H]1C=C(Br)Br. The van der Waals surface area contributed by atoms with Crippen molar-refractivity contribution in [2.24, 2.45) is 17.3 Å². The Hall–Kier alpha value is -1.12. The summed E-state index contributed by atoms with van der Waals surface area (Å²) in [7, 11) is 0. The third kappa shape index (κ3) is 3.75. The molecule has 1 aromatic carbocycles. The van der Waals surface area contributed by atoms with Gasteiger partial charge >= 0.3 is 5.97 Å². The zero-order valence-electron chi connectivity index (χ0n) is 11.8. The van der Waals surface area contributed by atoms with E-state index < -0.39 is 0 Å². The van der Waals surface area contributed by atoms with Crippen molar-refractivity contribution < 1.29 is 9.53 Å². The summed E-state index contributed by atoms with van der Waals surface area (Å²) >= 11 is 6.66. The summed E-state index contributed by atoms with van der Waals surface area (Å²) in [6.07, 6.45) is 1.99. The second-order valence-electron chi connectivity index (χ2n) is 5.70. The van der Waals surface area contributed by atoms with E-state index in [0.717, 1.165) is 8.96 Å². The van der Waals surface area contributed by atoms with Gasteiger partial charge in [-0.15, -0.1) is 0 Å². The van der Waals surface area contributed by atoms with Crippen LogP contribution in [0.1, 0.15) is 25.0 Å². The highest BCUT2D eigenvalue weighted by atomic mass is 79.9. The van der Waals surface area contributed by atoms with Crippen LogP contribution in [-0.4, -0.2) is 5.97 Å². The van der Waals surface area contributed by atoms with Crippen molar-refractivity contribution in [3.05, 3.63) is 44.9 Å². The van der Waals surface area contributed by atoms with E-state index in [4.69, 9.17) is 10.00 Å². The number of hydrogen-bond acceptors (Lipinski definition) is 3. The molecule has 110 valence electrons. The van der Waals surface area contributed by atoms with Crippen LogP contribution in [-0.2, 0) is 16.1 Å². The summed E-state index contributed by atoms with van der Waals surface area (Å²) in [5.74, 6) is -0.143. The van der Waals surface area contributed by atoms with E-state index in [2.05, 4.69) is 51.8 Å². The van der Waals surface area contributed by atoms with Crippen LogP contribution in [0.2, 0.25) is 0 Å². The van der Waals surface area contributed by atoms with Crippen LogP contribution >= 0.6 is 31.9 Å². The first-order valence-electron chi connectivity index (χ1n) is 6.54. The third-order valence-corrected chi connectivity index (χ3v) is 4.44. The highest BCUT2D eigenvalue weighted by Gasteiger charge is 2.61. The highest BCUT2D eigenvalue weighted by Crippen LogP contribution is 2.60. The molecule has 0 radical (unpaired) electrons. The zero-order chi connectivity index (χ0) is 15.6. The number of carbonyl (C=O) groups is 1. The van der Waals surface area contributed by atoms with Gasteiger partial charge in [-0.25, -0.2) is 0 Å². The Morgan fingerprint density at radius 3 is 2.81 bits per heavy atom. The molecule has 0 amide bonds. The van der Waals surface area contributed by atoms with Crippen LogP contribution in [0.5, 0.6) is 0 Å². The molecule has 0 aromatic heterocycles. The predicted octanol–water partition coefficient (Wildman–Crippen LogP) is 4.50. The molecule has 1 aromatic rings. The quantitative estimate of drug-likeness (QED) is 0.683. The molecule has 1 fully saturated rings. The van der Waals surface area contributed by atoms with Gasteiger partial charge in [0.25, 0.3) is 0 Å². The van der Waals surface area contributed by atoms with Crippen molar-refractivity contribution in [3.63, 3.8) is 0 Å².